The van der Waals surface area contributed by atoms with Crippen molar-refractivity contribution in [2.75, 3.05) is 7.11 Å². The number of aromatic nitrogens is 2. The van der Waals surface area contributed by atoms with E-state index in [-0.39, 0.29) is 17.3 Å². The van der Waals surface area contributed by atoms with E-state index in [9.17, 15) is 17.9 Å². The number of aliphatic hydroxyl groups is 1. The molecule has 9 heteroatoms. The van der Waals surface area contributed by atoms with Crippen LogP contribution in [-0.2, 0) is 23.2 Å². The normalized spacial score (nSPS) is 11.5. The Balaban J connectivity index is 1.91. The topological polar surface area (TPSA) is 107 Å². The van der Waals surface area contributed by atoms with Crippen molar-refractivity contribution < 1.29 is 22.7 Å². The van der Waals surface area contributed by atoms with Gasteiger partial charge >= 0.3 is 0 Å². The summed E-state index contributed by atoms with van der Waals surface area (Å²) >= 11 is 0. The third-order valence-corrected chi connectivity index (χ3v) is 6.21. The van der Waals surface area contributed by atoms with Crippen LogP contribution in [0.15, 0.2) is 77.7 Å². The van der Waals surface area contributed by atoms with Gasteiger partial charge in [-0.05, 0) is 35.4 Å². The summed E-state index contributed by atoms with van der Waals surface area (Å²) in [6.45, 7) is 0.0513. The van der Waals surface area contributed by atoms with Crippen LogP contribution >= 0.6 is 0 Å². The number of nitrogens with two attached hydrogens (primary N) is 1. The van der Waals surface area contributed by atoms with Crippen molar-refractivity contribution in [1.29, 1.82) is 0 Å². The lowest BCUT2D eigenvalue weighted by Crippen LogP contribution is -2.11. The monoisotopic (exact) mass is 467 g/mol. The summed E-state index contributed by atoms with van der Waals surface area (Å²) in [5.41, 5.74) is 3.57. The molecule has 0 aliphatic heterocycles. The van der Waals surface area contributed by atoms with Gasteiger partial charge in [0, 0.05) is 11.1 Å². The highest BCUT2D eigenvalue weighted by Crippen LogP contribution is 2.37. The number of hydrogen-bond acceptors (Lipinski definition) is 5. The van der Waals surface area contributed by atoms with Gasteiger partial charge in [0.15, 0.2) is 11.6 Å². The molecule has 4 aromatic rings. The van der Waals surface area contributed by atoms with Crippen molar-refractivity contribution >= 4 is 10.0 Å². The van der Waals surface area contributed by atoms with Gasteiger partial charge in [0.25, 0.3) is 0 Å². The Bertz CT molecular complexity index is 1390. The molecule has 3 N–H and O–H groups in total. The number of methoxy groups -OCH3 is 1. The first-order chi connectivity index (χ1) is 15.8. The summed E-state index contributed by atoms with van der Waals surface area (Å²) in [5, 5.41) is 20.2. The molecule has 0 saturated heterocycles. The molecule has 1 aromatic heterocycles. The fourth-order valence-electron chi connectivity index (χ4n) is 3.67. The fraction of sp³-hybridized carbons (Fsp3) is 0.125. The van der Waals surface area contributed by atoms with E-state index in [4.69, 9.17) is 15.0 Å². The minimum Gasteiger partial charge on any atom is -0.494 e. The Morgan fingerprint density at radius 1 is 1.03 bits per heavy atom. The molecule has 0 saturated carbocycles. The lowest BCUT2D eigenvalue weighted by Gasteiger charge is -2.10. The van der Waals surface area contributed by atoms with Gasteiger partial charge in [-0.25, -0.2) is 17.9 Å². The molecular formula is C24H22FN3O4S. The van der Waals surface area contributed by atoms with E-state index in [1.807, 2.05) is 30.3 Å². The highest BCUT2D eigenvalue weighted by atomic mass is 32.2. The van der Waals surface area contributed by atoms with Crippen molar-refractivity contribution in [2.24, 2.45) is 5.14 Å². The molecule has 0 amide bonds. The smallest absolute Gasteiger partial charge is 0.238 e. The molecule has 7 nitrogen and oxygen atoms in total. The lowest BCUT2D eigenvalue weighted by atomic mass is 9.98. The maximum Gasteiger partial charge on any atom is 0.238 e. The van der Waals surface area contributed by atoms with Gasteiger partial charge < -0.3 is 9.84 Å². The molecule has 170 valence electrons. The van der Waals surface area contributed by atoms with Gasteiger partial charge in [-0.2, -0.15) is 5.10 Å². The van der Waals surface area contributed by atoms with Crippen LogP contribution in [-0.4, -0.2) is 30.4 Å². The van der Waals surface area contributed by atoms with Crippen LogP contribution in [0, 0.1) is 5.82 Å². The van der Waals surface area contributed by atoms with Crippen molar-refractivity contribution in [3.8, 4) is 28.1 Å². The number of nitrogens with zero attached hydrogens (tertiary/aromatic N) is 2. The molecule has 1 heterocycles. The quantitative estimate of drug-likeness (QED) is 0.432. The second-order valence-corrected chi connectivity index (χ2v) is 8.95. The average molecular weight is 468 g/mol. The van der Waals surface area contributed by atoms with E-state index >= 15 is 0 Å². The molecular weight excluding hydrogens is 445 g/mol. The Labute approximate surface area is 190 Å². The van der Waals surface area contributed by atoms with Crippen molar-refractivity contribution in [1.82, 2.24) is 9.78 Å². The zero-order valence-corrected chi connectivity index (χ0v) is 18.6. The van der Waals surface area contributed by atoms with Crippen molar-refractivity contribution in [3.63, 3.8) is 0 Å². The third-order valence-electron chi connectivity index (χ3n) is 5.28. The largest absolute Gasteiger partial charge is 0.494 e. The molecule has 33 heavy (non-hydrogen) atoms. The molecule has 3 aromatic carbocycles. The van der Waals surface area contributed by atoms with Crippen LogP contribution in [0.4, 0.5) is 4.39 Å². The molecule has 0 aliphatic carbocycles. The third kappa shape index (κ3) is 4.65. The second-order valence-electron chi connectivity index (χ2n) is 7.39. The van der Waals surface area contributed by atoms with Gasteiger partial charge in [0.1, 0.15) is 5.69 Å². The Kier molecular flexibility index (Phi) is 6.28. The summed E-state index contributed by atoms with van der Waals surface area (Å²) in [6, 6.07) is 20.1. The fourth-order valence-corrected chi connectivity index (χ4v) is 4.19. The van der Waals surface area contributed by atoms with Gasteiger partial charge in [-0.15, -0.1) is 0 Å². The Hall–Kier alpha value is -3.53. The maximum atomic E-state index is 14.5. The molecule has 0 radical (unpaired) electrons. The van der Waals surface area contributed by atoms with E-state index in [2.05, 4.69) is 0 Å². The number of sulfonamides is 1. The first-order valence-electron chi connectivity index (χ1n) is 10.0. The average Bonchev–Trinajstić information content (AvgIpc) is 3.17. The first kappa shape index (κ1) is 22.7. The number of aliphatic hydroxyl groups excluding tert-OH is 1. The molecule has 0 fully saturated rings. The van der Waals surface area contributed by atoms with Crippen LogP contribution in [0.25, 0.3) is 22.4 Å². The minimum atomic E-state index is -3.85. The van der Waals surface area contributed by atoms with Crippen LogP contribution in [0.3, 0.4) is 0 Å². The van der Waals surface area contributed by atoms with Gasteiger partial charge in [0.05, 0.1) is 30.9 Å². The summed E-state index contributed by atoms with van der Waals surface area (Å²) in [5.74, 6) is -0.453. The lowest BCUT2D eigenvalue weighted by molar-refractivity contribution is 0.269. The van der Waals surface area contributed by atoms with E-state index in [0.29, 0.717) is 34.6 Å². The standard InChI is InChI=1S/C24H22FN3O4S/c1-32-22-12-9-18(13-20(22)25)23-21(15-29)28(14-16-5-3-2-4-6-16)27-24(23)17-7-10-19(11-8-17)33(26,30)31/h2-13,29H,14-15H2,1H3,(H2,26,30,31). The Morgan fingerprint density at radius 3 is 2.27 bits per heavy atom. The molecule has 0 spiro atoms. The second kappa shape index (κ2) is 9.14. The molecule has 0 unspecified atom stereocenters. The predicted molar refractivity (Wildman–Crippen MR) is 122 cm³/mol. The molecule has 0 aliphatic rings. The highest BCUT2D eigenvalue weighted by Gasteiger charge is 2.22. The summed E-state index contributed by atoms with van der Waals surface area (Å²) in [7, 11) is -2.47. The summed E-state index contributed by atoms with van der Waals surface area (Å²) in [4.78, 5) is -0.0330. The maximum absolute atomic E-state index is 14.5. The number of ether oxygens (including phenoxy) is 1. The number of halogens is 1. The summed E-state index contributed by atoms with van der Waals surface area (Å²) < 4.78 is 44.5. The van der Waals surface area contributed by atoms with Crippen LogP contribution in [0.2, 0.25) is 0 Å². The zero-order valence-electron chi connectivity index (χ0n) is 17.8. The number of primary sulfonamides is 1. The number of rotatable bonds is 7. The Morgan fingerprint density at radius 2 is 1.70 bits per heavy atom. The van der Waals surface area contributed by atoms with E-state index in [0.717, 1.165) is 5.56 Å². The predicted octanol–water partition coefficient (Wildman–Crippen LogP) is 3.55. The van der Waals surface area contributed by atoms with Gasteiger partial charge in [-0.3, -0.25) is 4.68 Å². The van der Waals surface area contributed by atoms with Gasteiger partial charge in [0.2, 0.25) is 10.0 Å². The first-order valence-corrected chi connectivity index (χ1v) is 11.6. The van der Waals surface area contributed by atoms with E-state index in [1.165, 1.54) is 31.4 Å². The molecule has 0 atom stereocenters. The van der Waals surface area contributed by atoms with Crippen LogP contribution in [0.1, 0.15) is 11.3 Å². The van der Waals surface area contributed by atoms with Gasteiger partial charge in [-0.1, -0.05) is 48.5 Å². The SMILES string of the molecule is COc1ccc(-c2c(-c3ccc(S(N)(=O)=O)cc3)nn(Cc3ccccc3)c2CO)cc1F. The minimum absolute atomic E-state index is 0.0330. The number of benzene rings is 3. The number of hydrogen-bond donors (Lipinski definition) is 2. The highest BCUT2D eigenvalue weighted by molar-refractivity contribution is 7.89. The van der Waals surface area contributed by atoms with E-state index < -0.39 is 15.8 Å². The van der Waals surface area contributed by atoms with Crippen LogP contribution in [0.5, 0.6) is 5.75 Å². The molecule has 0 bridgehead atoms. The van der Waals surface area contributed by atoms with Crippen LogP contribution < -0.4 is 9.88 Å². The zero-order chi connectivity index (χ0) is 23.6. The molecule has 4 rings (SSSR count). The van der Waals surface area contributed by atoms with Crippen molar-refractivity contribution in [3.05, 3.63) is 89.9 Å². The summed E-state index contributed by atoms with van der Waals surface area (Å²) in [6.07, 6.45) is 0. The van der Waals surface area contributed by atoms with Crippen molar-refractivity contribution in [2.45, 2.75) is 18.0 Å². The van der Waals surface area contributed by atoms with E-state index in [1.54, 1.807) is 22.9 Å².